The van der Waals surface area contributed by atoms with Crippen LogP contribution in [0.15, 0.2) is 0 Å². The fraction of sp³-hybridized carbons (Fsp3) is 1.00. The van der Waals surface area contributed by atoms with Gasteiger partial charge in [0, 0.05) is 9.52 Å². The quantitative estimate of drug-likeness (QED) is 0.316. The van der Waals surface area contributed by atoms with Crippen LogP contribution in [0.3, 0.4) is 0 Å². The van der Waals surface area contributed by atoms with Crippen molar-refractivity contribution in [2.75, 3.05) is 0 Å². The van der Waals surface area contributed by atoms with Crippen molar-refractivity contribution in [2.24, 2.45) is 0 Å². The Morgan fingerprint density at radius 2 is 0.524 bits per heavy atom. The Morgan fingerprint density at radius 1 is 0.429 bits per heavy atom. The van der Waals surface area contributed by atoms with E-state index in [9.17, 15) is 0 Å². The number of hydrogen-bond donors (Lipinski definition) is 0. The summed E-state index contributed by atoms with van der Waals surface area (Å²) in [6, 6.07) is 0. The van der Waals surface area contributed by atoms with Crippen molar-refractivity contribution in [3.8, 4) is 0 Å². The topological polar surface area (TPSA) is 0 Å². The van der Waals surface area contributed by atoms with Gasteiger partial charge in [0.25, 0.3) is 0 Å². The molecule has 0 aromatic heterocycles. The molecule has 0 rings (SSSR count). The van der Waals surface area contributed by atoms with E-state index in [4.69, 9.17) is 0 Å². The minimum atomic E-state index is -0.355. The maximum absolute atomic E-state index is 2.37. The molecular weight excluding hydrogens is 482 g/mol. The number of hydrogen-bond acceptors (Lipinski definition) is 0. The molecular formula is C18H44SiSn2. The maximum atomic E-state index is 2.37. The van der Waals surface area contributed by atoms with Gasteiger partial charge in [0.15, 0.2) is 0 Å². The van der Waals surface area contributed by atoms with Crippen molar-refractivity contribution in [1.82, 2.24) is 0 Å². The van der Waals surface area contributed by atoms with E-state index < -0.39 is 0 Å². The van der Waals surface area contributed by atoms with Crippen molar-refractivity contribution >= 4 is 51.8 Å². The molecule has 0 nitrogen and oxygen atoms in total. The van der Waals surface area contributed by atoms with E-state index in [2.05, 4.69) is 96.2 Å². The third kappa shape index (κ3) is 44.9. The molecule has 0 atom stereocenters. The molecule has 4 radical (unpaired) electrons. The van der Waals surface area contributed by atoms with Crippen LogP contribution >= 0.6 is 0 Å². The van der Waals surface area contributed by atoms with Crippen molar-refractivity contribution in [3.05, 3.63) is 0 Å². The molecule has 0 bridgehead atoms. The third-order valence-corrected chi connectivity index (χ3v) is 11.6. The summed E-state index contributed by atoms with van der Waals surface area (Å²) in [5.74, 6) is 0. The molecule has 0 spiro atoms. The summed E-state index contributed by atoms with van der Waals surface area (Å²) < 4.78 is 2.70. The molecule has 0 N–H and O–H groups in total. The van der Waals surface area contributed by atoms with Crippen LogP contribution in [0.25, 0.3) is 0 Å². The van der Waals surface area contributed by atoms with E-state index >= 15 is 0 Å². The average molecular weight is 526 g/mol. The molecule has 0 saturated carbocycles. The Labute approximate surface area is 160 Å². The van der Waals surface area contributed by atoms with Gasteiger partial charge in [0.1, 0.15) is 0 Å². The van der Waals surface area contributed by atoms with Crippen LogP contribution in [0.5, 0.6) is 0 Å². The van der Waals surface area contributed by atoms with Crippen LogP contribution < -0.4 is 0 Å². The molecule has 21 heavy (non-hydrogen) atoms. The van der Waals surface area contributed by atoms with Crippen LogP contribution in [-0.4, -0.2) is 51.8 Å². The van der Waals surface area contributed by atoms with E-state index in [1.54, 1.807) is 0 Å². The van der Waals surface area contributed by atoms with Gasteiger partial charge >= 0.3 is 139 Å². The largest absolute Gasteiger partial charge is 0.0735 e. The summed E-state index contributed by atoms with van der Waals surface area (Å²) in [6.45, 7) is 32.8. The Bertz CT molecular complexity index is 184. The minimum Gasteiger partial charge on any atom is -0.0735 e. The molecule has 0 aliphatic rings. The molecule has 128 valence electrons. The predicted octanol–water partition coefficient (Wildman–Crippen LogP) is 6.51. The fourth-order valence-corrected chi connectivity index (χ4v) is 17.4. The molecule has 0 aliphatic carbocycles. The summed E-state index contributed by atoms with van der Waals surface area (Å²) in [7, 11) is 1.08. The van der Waals surface area contributed by atoms with Gasteiger partial charge in [0.05, 0.1) is 0 Å². The fourth-order valence-electron chi connectivity index (χ4n) is 2.60. The van der Waals surface area contributed by atoms with Crippen LogP contribution in [0, 0.1) is 0 Å². The zero-order chi connectivity index (χ0) is 18.1. The molecule has 0 aromatic rings. The molecule has 0 heterocycles. The Kier molecular flexibility index (Phi) is 15.0. The first-order chi connectivity index (χ1) is 8.83. The van der Waals surface area contributed by atoms with Gasteiger partial charge in [-0.3, -0.25) is 0 Å². The second-order valence-corrected chi connectivity index (χ2v) is 32.7. The van der Waals surface area contributed by atoms with Crippen molar-refractivity contribution < 1.29 is 0 Å². The summed E-state index contributed by atoms with van der Waals surface area (Å²) in [5.41, 5.74) is 0. The summed E-state index contributed by atoms with van der Waals surface area (Å²) in [4.78, 5) is 0. The third-order valence-electron chi connectivity index (χ3n) is 1.73. The Balaban J connectivity index is -0.000000260. The first-order valence-corrected chi connectivity index (χ1v) is 16.7. The summed E-state index contributed by atoms with van der Waals surface area (Å²) >= 11 is -0.710. The monoisotopic (exact) mass is 528 g/mol. The van der Waals surface area contributed by atoms with Gasteiger partial charge in [-0.1, -0.05) is 13.1 Å². The van der Waals surface area contributed by atoms with Crippen molar-refractivity contribution in [2.45, 2.75) is 110 Å². The van der Waals surface area contributed by atoms with E-state index in [0.29, 0.717) is 13.7 Å². The van der Waals surface area contributed by atoms with Gasteiger partial charge in [-0.05, 0) is 0 Å². The van der Waals surface area contributed by atoms with Gasteiger partial charge in [-0.25, -0.2) is 0 Å². The van der Waals surface area contributed by atoms with Crippen LogP contribution in [-0.2, 0) is 0 Å². The number of rotatable bonds is 0. The first kappa shape index (κ1) is 27.7. The predicted molar refractivity (Wildman–Crippen MR) is 111 cm³/mol. The zero-order valence-electron chi connectivity index (χ0n) is 17.7. The second kappa shape index (κ2) is 11.4. The summed E-state index contributed by atoms with van der Waals surface area (Å²) in [6.07, 6.45) is 0. The van der Waals surface area contributed by atoms with E-state index in [1.165, 1.54) is 0 Å². The maximum Gasteiger partial charge on any atom is 0.0307 e. The molecule has 0 saturated heterocycles. The second-order valence-electron chi connectivity index (χ2n) is 10.3. The molecule has 3 heteroatoms. The van der Waals surface area contributed by atoms with E-state index in [1.807, 2.05) is 0 Å². The SMILES string of the molecule is C[C](C)(C)[SnH][C](C)(C)C.C[C](C)(C)[SnH][C](C)(C)C.C[Si]C. The van der Waals surface area contributed by atoms with Gasteiger partial charge < -0.3 is 0 Å². The molecule has 0 amide bonds. The normalized spacial score (nSPS) is 12.9. The van der Waals surface area contributed by atoms with Crippen molar-refractivity contribution in [1.29, 1.82) is 0 Å². The smallest absolute Gasteiger partial charge is 0.0307 e. The zero-order valence-corrected chi connectivity index (χ0v) is 25.2. The van der Waals surface area contributed by atoms with Gasteiger partial charge in [0.2, 0.25) is 0 Å². The molecule has 0 fully saturated rings. The molecule has 0 aliphatic heterocycles. The van der Waals surface area contributed by atoms with Crippen molar-refractivity contribution in [3.63, 3.8) is 0 Å². The average Bonchev–Trinajstić information content (AvgIpc) is 1.88. The molecule has 0 aromatic carbocycles. The van der Waals surface area contributed by atoms with Crippen LogP contribution in [0.1, 0.15) is 83.1 Å². The van der Waals surface area contributed by atoms with E-state index in [-0.39, 0.29) is 42.3 Å². The summed E-state index contributed by atoms with van der Waals surface area (Å²) in [5, 5.41) is 0. The van der Waals surface area contributed by atoms with Gasteiger partial charge in [-0.2, -0.15) is 0 Å². The Morgan fingerprint density at radius 3 is 0.524 bits per heavy atom. The standard InChI is InChI=1S/4C4H9.C2H6Si.2Sn.2H/c4*1-4(2)3;1-3-2;;;;/h4*1-3H3;1-2H3;;;;. The molecule has 0 unspecified atom stereocenters. The first-order valence-electron chi connectivity index (χ1n) is 8.15. The van der Waals surface area contributed by atoms with Crippen LogP contribution in [0.2, 0.25) is 26.8 Å². The van der Waals surface area contributed by atoms with Crippen LogP contribution in [0.4, 0.5) is 0 Å². The van der Waals surface area contributed by atoms with E-state index in [0.717, 1.165) is 9.52 Å². The van der Waals surface area contributed by atoms with Gasteiger partial charge in [-0.15, -0.1) is 0 Å². The Hall–Kier alpha value is 1.81. The minimum absolute atomic E-state index is 0.355.